The van der Waals surface area contributed by atoms with Gasteiger partial charge in [0.05, 0.1) is 17.7 Å². The molecule has 3 rings (SSSR count). The van der Waals surface area contributed by atoms with Crippen molar-refractivity contribution in [1.82, 2.24) is 10.3 Å². The van der Waals surface area contributed by atoms with Gasteiger partial charge in [0, 0.05) is 6.20 Å². The van der Waals surface area contributed by atoms with E-state index in [0.29, 0.717) is 18.0 Å². The van der Waals surface area contributed by atoms with Gasteiger partial charge in [-0.2, -0.15) is 0 Å². The van der Waals surface area contributed by atoms with E-state index in [2.05, 4.69) is 10.3 Å². The highest BCUT2D eigenvalue weighted by atomic mass is 16.7. The maximum Gasteiger partial charge on any atom is 0.231 e. The predicted octanol–water partition coefficient (Wildman–Crippen LogP) is 2.40. The zero-order valence-corrected chi connectivity index (χ0v) is 12.6. The van der Waals surface area contributed by atoms with Gasteiger partial charge in [-0.25, -0.2) is 0 Å². The second-order valence-electron chi connectivity index (χ2n) is 5.70. The second-order valence-corrected chi connectivity index (χ2v) is 5.70. The van der Waals surface area contributed by atoms with E-state index < -0.39 is 5.41 Å². The third kappa shape index (κ3) is 2.74. The maximum absolute atomic E-state index is 12.5. The zero-order valence-electron chi connectivity index (χ0n) is 12.6. The Morgan fingerprint density at radius 2 is 2.05 bits per heavy atom. The monoisotopic (exact) mass is 298 g/mol. The van der Waals surface area contributed by atoms with E-state index in [1.165, 1.54) is 0 Å². The minimum Gasteiger partial charge on any atom is -0.454 e. The van der Waals surface area contributed by atoms with Gasteiger partial charge in [0.15, 0.2) is 11.5 Å². The van der Waals surface area contributed by atoms with E-state index in [-0.39, 0.29) is 12.7 Å². The number of hydrogen-bond donors (Lipinski definition) is 1. The first kappa shape index (κ1) is 14.4. The van der Waals surface area contributed by atoms with Crippen molar-refractivity contribution in [3.63, 3.8) is 0 Å². The lowest BCUT2D eigenvalue weighted by Gasteiger charge is -2.24. The Hall–Kier alpha value is -2.56. The number of carbonyl (C=O) groups is 1. The summed E-state index contributed by atoms with van der Waals surface area (Å²) in [5, 5.41) is 2.93. The lowest BCUT2D eigenvalue weighted by atomic mass is 9.83. The van der Waals surface area contributed by atoms with Crippen LogP contribution in [0.4, 0.5) is 0 Å². The van der Waals surface area contributed by atoms with Gasteiger partial charge in [-0.15, -0.1) is 0 Å². The summed E-state index contributed by atoms with van der Waals surface area (Å²) >= 11 is 0. The quantitative estimate of drug-likeness (QED) is 0.941. The van der Waals surface area contributed by atoms with Crippen LogP contribution in [0.5, 0.6) is 11.5 Å². The van der Waals surface area contributed by atoms with Crippen molar-refractivity contribution in [2.45, 2.75) is 25.8 Å². The third-order valence-corrected chi connectivity index (χ3v) is 3.82. The summed E-state index contributed by atoms with van der Waals surface area (Å²) in [5.41, 5.74) is 1.04. The zero-order chi connectivity index (χ0) is 15.6. The molecule has 0 fully saturated rings. The van der Waals surface area contributed by atoms with Crippen molar-refractivity contribution in [2.75, 3.05) is 6.79 Å². The molecule has 22 heavy (non-hydrogen) atoms. The van der Waals surface area contributed by atoms with Gasteiger partial charge in [0.25, 0.3) is 0 Å². The van der Waals surface area contributed by atoms with Crippen molar-refractivity contribution < 1.29 is 14.3 Å². The average Bonchev–Trinajstić information content (AvgIpc) is 3.01. The molecule has 1 aromatic heterocycles. The molecule has 2 aromatic rings. The lowest BCUT2D eigenvalue weighted by molar-refractivity contribution is -0.125. The van der Waals surface area contributed by atoms with Gasteiger partial charge in [-0.3, -0.25) is 9.78 Å². The Morgan fingerprint density at radius 1 is 1.23 bits per heavy atom. The van der Waals surface area contributed by atoms with Gasteiger partial charge in [0.1, 0.15) is 0 Å². The van der Waals surface area contributed by atoms with Crippen LogP contribution >= 0.6 is 0 Å². The molecule has 0 aliphatic carbocycles. The molecule has 1 aliphatic heterocycles. The van der Waals surface area contributed by atoms with Crippen molar-refractivity contribution in [3.8, 4) is 11.5 Å². The largest absolute Gasteiger partial charge is 0.454 e. The second kappa shape index (κ2) is 5.67. The summed E-state index contributed by atoms with van der Waals surface area (Å²) in [7, 11) is 0. The van der Waals surface area contributed by atoms with E-state index in [0.717, 1.165) is 11.3 Å². The van der Waals surface area contributed by atoms with Crippen LogP contribution in [0.25, 0.3) is 0 Å². The van der Waals surface area contributed by atoms with Crippen LogP contribution in [0.2, 0.25) is 0 Å². The Balaban J connectivity index is 1.73. The average molecular weight is 298 g/mol. The topological polar surface area (TPSA) is 60.5 Å². The molecule has 0 saturated heterocycles. The fourth-order valence-electron chi connectivity index (χ4n) is 2.31. The molecule has 0 unspecified atom stereocenters. The van der Waals surface area contributed by atoms with Crippen LogP contribution in [-0.2, 0) is 16.8 Å². The Bertz CT molecular complexity index is 684. The van der Waals surface area contributed by atoms with Crippen molar-refractivity contribution in [2.24, 2.45) is 0 Å². The van der Waals surface area contributed by atoms with Gasteiger partial charge < -0.3 is 14.8 Å². The Kier molecular flexibility index (Phi) is 3.71. The predicted molar refractivity (Wildman–Crippen MR) is 81.7 cm³/mol. The number of fused-ring (bicyclic) bond motifs is 1. The minimum absolute atomic E-state index is 0.0583. The number of ether oxygens (including phenoxy) is 2. The fraction of sp³-hybridized carbons (Fsp3) is 0.294. The lowest BCUT2D eigenvalue weighted by Crippen LogP contribution is -2.39. The van der Waals surface area contributed by atoms with Gasteiger partial charge >= 0.3 is 0 Å². The summed E-state index contributed by atoms with van der Waals surface area (Å²) < 4.78 is 10.7. The molecule has 0 saturated carbocycles. The van der Waals surface area contributed by atoms with Gasteiger partial charge in [-0.05, 0) is 43.7 Å². The molecule has 2 heterocycles. The van der Waals surface area contributed by atoms with Crippen molar-refractivity contribution >= 4 is 5.91 Å². The van der Waals surface area contributed by atoms with Crippen LogP contribution in [-0.4, -0.2) is 17.7 Å². The normalized spacial score (nSPS) is 13.0. The summed E-state index contributed by atoms with van der Waals surface area (Å²) in [5.74, 6) is 1.34. The van der Waals surface area contributed by atoms with E-state index in [1.807, 2.05) is 50.2 Å². The first-order chi connectivity index (χ1) is 10.6. The highest BCUT2D eigenvalue weighted by Gasteiger charge is 2.31. The number of carbonyl (C=O) groups excluding carboxylic acids is 1. The molecule has 1 aliphatic rings. The number of amides is 1. The summed E-state index contributed by atoms with van der Waals surface area (Å²) in [6.45, 7) is 4.41. The van der Waals surface area contributed by atoms with Crippen LogP contribution in [0.3, 0.4) is 0 Å². The molecular formula is C17H18N2O3. The minimum atomic E-state index is -0.671. The number of rotatable bonds is 4. The number of aromatic nitrogens is 1. The number of benzene rings is 1. The van der Waals surface area contributed by atoms with Crippen LogP contribution in [0, 0.1) is 0 Å². The van der Waals surface area contributed by atoms with Crippen molar-refractivity contribution in [3.05, 3.63) is 53.9 Å². The highest BCUT2D eigenvalue weighted by Crippen LogP contribution is 2.36. The van der Waals surface area contributed by atoms with E-state index in [4.69, 9.17) is 9.47 Å². The summed E-state index contributed by atoms with van der Waals surface area (Å²) in [6, 6.07) is 11.2. The molecule has 0 spiro atoms. The SMILES string of the molecule is CC(C)(C(=O)NCc1ccccn1)c1ccc2c(c1)OCO2. The molecular weight excluding hydrogens is 280 g/mol. The molecule has 1 aromatic carbocycles. The highest BCUT2D eigenvalue weighted by molar-refractivity contribution is 5.87. The first-order valence-electron chi connectivity index (χ1n) is 7.16. The van der Waals surface area contributed by atoms with Crippen LogP contribution in [0.15, 0.2) is 42.6 Å². The van der Waals surface area contributed by atoms with Gasteiger partial charge in [-0.1, -0.05) is 12.1 Å². The smallest absolute Gasteiger partial charge is 0.231 e. The maximum atomic E-state index is 12.5. The molecule has 0 atom stereocenters. The standard InChI is InChI=1S/C17H18N2O3/c1-17(2,12-6-7-14-15(9-12)22-11-21-14)16(20)19-10-13-5-3-4-8-18-13/h3-9H,10-11H2,1-2H3,(H,19,20). The first-order valence-corrected chi connectivity index (χ1v) is 7.16. The number of nitrogens with zero attached hydrogens (tertiary/aromatic N) is 1. The number of nitrogens with one attached hydrogen (secondary N) is 1. The third-order valence-electron chi connectivity index (χ3n) is 3.82. The van der Waals surface area contributed by atoms with Crippen LogP contribution in [0.1, 0.15) is 25.1 Å². The molecule has 1 N–H and O–H groups in total. The Labute approximate surface area is 129 Å². The van der Waals surface area contributed by atoms with E-state index in [9.17, 15) is 4.79 Å². The van der Waals surface area contributed by atoms with Gasteiger partial charge in [0.2, 0.25) is 12.7 Å². The molecule has 0 bridgehead atoms. The molecule has 0 radical (unpaired) electrons. The van der Waals surface area contributed by atoms with Crippen LogP contribution < -0.4 is 14.8 Å². The molecule has 5 heteroatoms. The molecule has 114 valence electrons. The summed E-state index contributed by atoms with van der Waals surface area (Å²) in [4.78, 5) is 16.7. The summed E-state index contributed by atoms with van der Waals surface area (Å²) in [6.07, 6.45) is 1.71. The molecule has 1 amide bonds. The fourth-order valence-corrected chi connectivity index (χ4v) is 2.31. The molecule has 5 nitrogen and oxygen atoms in total. The van der Waals surface area contributed by atoms with E-state index >= 15 is 0 Å². The number of pyridine rings is 1. The number of hydrogen-bond acceptors (Lipinski definition) is 4. The van der Waals surface area contributed by atoms with E-state index in [1.54, 1.807) is 6.20 Å². The van der Waals surface area contributed by atoms with Crippen molar-refractivity contribution in [1.29, 1.82) is 0 Å². The Morgan fingerprint density at radius 3 is 2.82 bits per heavy atom.